The number of nitrogens with one attached hydrogen (secondary N) is 1. The molecule has 0 atom stereocenters. The van der Waals surface area contributed by atoms with E-state index in [9.17, 15) is 0 Å². The summed E-state index contributed by atoms with van der Waals surface area (Å²) in [6.45, 7) is 2.33. The zero-order chi connectivity index (χ0) is 15.3. The smallest absolute Gasteiger partial charge is 0.120 e. The van der Waals surface area contributed by atoms with E-state index in [1.807, 2.05) is 0 Å². The highest BCUT2D eigenvalue weighted by molar-refractivity contribution is 5.33. The van der Waals surface area contributed by atoms with Gasteiger partial charge in [-0.25, -0.2) is 5.53 Å². The van der Waals surface area contributed by atoms with Gasteiger partial charge < -0.3 is 24.4 Å². The molecule has 0 aliphatic rings. The van der Waals surface area contributed by atoms with Gasteiger partial charge in [-0.05, 0) is 23.3 Å². The number of hydrogen-bond acceptors (Lipinski definition) is 7. The molecule has 0 aliphatic carbocycles. The second kappa shape index (κ2) is 11.2. The summed E-state index contributed by atoms with van der Waals surface area (Å²) < 4.78 is 16.0. The maximum atomic E-state index is 9.12. The van der Waals surface area contributed by atoms with Crippen LogP contribution in [0.5, 0.6) is 5.75 Å². The van der Waals surface area contributed by atoms with Crippen LogP contribution >= 0.6 is 0 Å². The largest absolute Gasteiger partial charge is 0.491 e. The van der Waals surface area contributed by atoms with Crippen LogP contribution in [0.15, 0.2) is 23.3 Å². The van der Waals surface area contributed by atoms with Crippen molar-refractivity contribution in [2.45, 2.75) is 13.2 Å². The molecular formula is C14H22N2O5. The van der Waals surface area contributed by atoms with E-state index in [1.54, 1.807) is 18.2 Å². The number of rotatable bonds is 12. The fourth-order valence-electron chi connectivity index (χ4n) is 1.65. The van der Waals surface area contributed by atoms with Crippen molar-refractivity contribution in [1.29, 1.82) is 5.53 Å². The van der Waals surface area contributed by atoms with Crippen molar-refractivity contribution >= 4 is 0 Å². The Balaban J connectivity index is 2.16. The van der Waals surface area contributed by atoms with E-state index in [-0.39, 0.29) is 13.2 Å². The minimum Gasteiger partial charge on any atom is -0.491 e. The number of aliphatic hydroxyl groups excluding tert-OH is 2. The maximum absolute atomic E-state index is 9.12. The zero-order valence-corrected chi connectivity index (χ0v) is 12.0. The van der Waals surface area contributed by atoms with Crippen LogP contribution in [0.1, 0.15) is 11.1 Å². The molecule has 118 valence electrons. The number of nitrogens with zero attached hydrogens (tertiary/aromatic N) is 1. The van der Waals surface area contributed by atoms with Crippen molar-refractivity contribution in [3.63, 3.8) is 0 Å². The van der Waals surface area contributed by atoms with E-state index < -0.39 is 0 Å². The van der Waals surface area contributed by atoms with Crippen LogP contribution in [-0.2, 0) is 22.7 Å². The van der Waals surface area contributed by atoms with E-state index in [2.05, 4.69) is 5.11 Å². The summed E-state index contributed by atoms with van der Waals surface area (Å²) in [5.41, 5.74) is 7.98. The molecule has 1 rings (SSSR count). The number of benzene rings is 1. The molecule has 0 unspecified atom stereocenters. The molecule has 0 aromatic heterocycles. The Labute approximate surface area is 124 Å². The molecule has 0 heterocycles. The lowest BCUT2D eigenvalue weighted by Crippen LogP contribution is -2.12. The quantitative estimate of drug-likeness (QED) is 0.396. The first-order valence-corrected chi connectivity index (χ1v) is 6.76. The molecular weight excluding hydrogens is 276 g/mol. The Hall–Kier alpha value is -1.54. The SMILES string of the molecule is N=NCCOCCOCCOc1cc(CO)cc(CO)c1. The number of hydrogen-bond donors (Lipinski definition) is 3. The van der Waals surface area contributed by atoms with Gasteiger partial charge in [-0.3, -0.25) is 0 Å². The molecule has 1 aromatic carbocycles. The standard InChI is InChI=1S/C14H22N2O5/c15-16-1-2-19-3-4-20-5-6-21-14-8-12(10-17)7-13(9-14)11-18/h7-9,15,17-18H,1-6,10-11H2. The van der Waals surface area contributed by atoms with Crippen LogP contribution in [0.4, 0.5) is 0 Å². The molecule has 0 radical (unpaired) electrons. The van der Waals surface area contributed by atoms with Crippen LogP contribution in [0.3, 0.4) is 0 Å². The molecule has 0 bridgehead atoms. The normalized spacial score (nSPS) is 10.6. The van der Waals surface area contributed by atoms with Crippen LogP contribution in [0, 0.1) is 5.53 Å². The number of ether oxygens (including phenoxy) is 3. The summed E-state index contributed by atoms with van der Waals surface area (Å²) in [6, 6.07) is 5.18. The molecule has 0 amide bonds. The fraction of sp³-hybridized carbons (Fsp3) is 0.571. The first-order valence-electron chi connectivity index (χ1n) is 6.76. The van der Waals surface area contributed by atoms with Gasteiger partial charge in [-0.15, -0.1) is 0 Å². The van der Waals surface area contributed by atoms with Gasteiger partial charge in [-0.2, -0.15) is 5.11 Å². The molecule has 0 spiro atoms. The Kier molecular flexibility index (Phi) is 9.30. The van der Waals surface area contributed by atoms with Gasteiger partial charge in [0.25, 0.3) is 0 Å². The molecule has 7 heteroatoms. The minimum atomic E-state index is -0.0946. The highest BCUT2D eigenvalue weighted by atomic mass is 16.5. The highest BCUT2D eigenvalue weighted by Gasteiger charge is 2.01. The van der Waals surface area contributed by atoms with Crippen molar-refractivity contribution in [1.82, 2.24) is 0 Å². The second-order valence-electron chi connectivity index (χ2n) is 4.26. The van der Waals surface area contributed by atoms with Crippen LogP contribution < -0.4 is 4.74 Å². The Morgan fingerprint density at radius 1 is 0.857 bits per heavy atom. The van der Waals surface area contributed by atoms with Gasteiger partial charge in [-0.1, -0.05) is 6.07 Å². The zero-order valence-electron chi connectivity index (χ0n) is 12.0. The summed E-state index contributed by atoms with van der Waals surface area (Å²) in [7, 11) is 0. The molecule has 0 saturated heterocycles. The summed E-state index contributed by atoms with van der Waals surface area (Å²) in [4.78, 5) is 0. The van der Waals surface area contributed by atoms with Gasteiger partial charge in [0.05, 0.1) is 46.2 Å². The third-order valence-corrected chi connectivity index (χ3v) is 2.61. The van der Waals surface area contributed by atoms with Crippen molar-refractivity contribution in [2.75, 3.05) is 39.6 Å². The monoisotopic (exact) mass is 298 g/mol. The topological polar surface area (TPSA) is 104 Å². The van der Waals surface area contributed by atoms with Crippen LogP contribution in [0.25, 0.3) is 0 Å². The lowest BCUT2D eigenvalue weighted by Gasteiger charge is -2.10. The van der Waals surface area contributed by atoms with E-state index >= 15 is 0 Å². The van der Waals surface area contributed by atoms with Gasteiger partial charge in [0.15, 0.2) is 0 Å². The number of aliphatic hydroxyl groups is 2. The molecule has 0 aliphatic heterocycles. The highest BCUT2D eigenvalue weighted by Crippen LogP contribution is 2.17. The molecule has 1 aromatic rings. The average Bonchev–Trinajstić information content (AvgIpc) is 2.52. The van der Waals surface area contributed by atoms with Crippen molar-refractivity contribution in [3.8, 4) is 5.75 Å². The first kappa shape index (κ1) is 17.5. The van der Waals surface area contributed by atoms with Crippen LogP contribution in [0.2, 0.25) is 0 Å². The van der Waals surface area contributed by atoms with Crippen molar-refractivity contribution in [2.24, 2.45) is 5.11 Å². The Morgan fingerprint density at radius 2 is 1.43 bits per heavy atom. The second-order valence-corrected chi connectivity index (χ2v) is 4.26. The molecule has 7 nitrogen and oxygen atoms in total. The molecule has 3 N–H and O–H groups in total. The summed E-state index contributed by atoms with van der Waals surface area (Å²) in [5, 5.41) is 21.4. The van der Waals surface area contributed by atoms with Crippen LogP contribution in [-0.4, -0.2) is 49.8 Å². The predicted octanol–water partition coefficient (Wildman–Crippen LogP) is 1.11. The van der Waals surface area contributed by atoms with Gasteiger partial charge >= 0.3 is 0 Å². The fourth-order valence-corrected chi connectivity index (χ4v) is 1.65. The Bertz CT molecular complexity index is 392. The van der Waals surface area contributed by atoms with E-state index in [1.165, 1.54) is 0 Å². The van der Waals surface area contributed by atoms with Crippen molar-refractivity contribution < 1.29 is 24.4 Å². The van der Waals surface area contributed by atoms with Crippen molar-refractivity contribution in [3.05, 3.63) is 29.3 Å². The Morgan fingerprint density at radius 3 is 2.00 bits per heavy atom. The third kappa shape index (κ3) is 7.72. The van der Waals surface area contributed by atoms with E-state index in [0.717, 1.165) is 0 Å². The first-order chi connectivity index (χ1) is 10.3. The average molecular weight is 298 g/mol. The molecule has 0 saturated carbocycles. The minimum absolute atomic E-state index is 0.0946. The predicted molar refractivity (Wildman–Crippen MR) is 75.4 cm³/mol. The van der Waals surface area contributed by atoms with E-state index in [4.69, 9.17) is 30.0 Å². The lowest BCUT2D eigenvalue weighted by atomic mass is 10.1. The van der Waals surface area contributed by atoms with Gasteiger partial charge in [0.1, 0.15) is 12.4 Å². The lowest BCUT2D eigenvalue weighted by molar-refractivity contribution is 0.0385. The maximum Gasteiger partial charge on any atom is 0.120 e. The summed E-state index contributed by atoms with van der Waals surface area (Å²) >= 11 is 0. The van der Waals surface area contributed by atoms with Gasteiger partial charge in [0.2, 0.25) is 0 Å². The summed E-state index contributed by atoms with van der Waals surface area (Å²) in [6.07, 6.45) is 0. The van der Waals surface area contributed by atoms with E-state index in [0.29, 0.717) is 56.5 Å². The summed E-state index contributed by atoms with van der Waals surface area (Å²) in [5.74, 6) is 0.600. The van der Waals surface area contributed by atoms with Gasteiger partial charge in [0, 0.05) is 0 Å². The molecule has 0 fully saturated rings. The molecule has 21 heavy (non-hydrogen) atoms. The third-order valence-electron chi connectivity index (χ3n) is 2.61.